The molecule has 2 bridgehead atoms. The summed E-state index contributed by atoms with van der Waals surface area (Å²) >= 11 is 0. The average molecular weight is 274 g/mol. The molecule has 2 atom stereocenters. The molecule has 0 fully saturated rings. The SMILES string of the molecule is CCCCCCCCCCOC1=CC2C=CC1C2=C=O. The first-order valence-electron chi connectivity index (χ1n) is 8.14. The zero-order valence-electron chi connectivity index (χ0n) is 12.6. The Hall–Kier alpha value is -1.27. The number of unbranched alkanes of at least 4 members (excludes halogenated alkanes) is 7. The summed E-state index contributed by atoms with van der Waals surface area (Å²) in [7, 11) is 0. The molecule has 0 N–H and O–H groups in total. The molecule has 2 aliphatic rings. The van der Waals surface area contributed by atoms with Gasteiger partial charge in [-0.25, -0.2) is 4.79 Å². The van der Waals surface area contributed by atoms with Crippen LogP contribution in [-0.4, -0.2) is 12.5 Å². The molecular weight excluding hydrogens is 248 g/mol. The summed E-state index contributed by atoms with van der Waals surface area (Å²) in [5.74, 6) is 3.28. The van der Waals surface area contributed by atoms with E-state index in [4.69, 9.17) is 4.74 Å². The van der Waals surface area contributed by atoms with Crippen molar-refractivity contribution in [2.45, 2.75) is 58.3 Å². The highest BCUT2D eigenvalue weighted by atomic mass is 16.5. The van der Waals surface area contributed by atoms with Crippen LogP contribution in [0.3, 0.4) is 0 Å². The summed E-state index contributed by atoms with van der Waals surface area (Å²) in [4.78, 5) is 10.8. The lowest BCUT2D eigenvalue weighted by atomic mass is 10.1. The van der Waals surface area contributed by atoms with Crippen molar-refractivity contribution in [2.24, 2.45) is 11.8 Å². The molecule has 0 aromatic carbocycles. The summed E-state index contributed by atoms with van der Waals surface area (Å²) in [6.07, 6.45) is 16.7. The molecule has 2 heteroatoms. The summed E-state index contributed by atoms with van der Waals surface area (Å²) in [5, 5.41) is 0. The van der Waals surface area contributed by atoms with Crippen LogP contribution in [0.5, 0.6) is 0 Å². The Morgan fingerprint density at radius 3 is 2.40 bits per heavy atom. The number of ether oxygens (including phenoxy) is 1. The Kier molecular flexibility index (Phi) is 6.14. The minimum atomic E-state index is 0.0894. The molecule has 20 heavy (non-hydrogen) atoms. The molecule has 0 aromatic rings. The molecule has 0 amide bonds. The molecule has 0 saturated heterocycles. The van der Waals surface area contributed by atoms with Gasteiger partial charge in [-0.3, -0.25) is 0 Å². The lowest BCUT2D eigenvalue weighted by Gasteiger charge is -2.12. The average Bonchev–Trinajstić information content (AvgIpc) is 3.02. The second-order valence-corrected chi connectivity index (χ2v) is 5.84. The molecule has 110 valence electrons. The van der Waals surface area contributed by atoms with Crippen LogP contribution in [0.25, 0.3) is 0 Å². The largest absolute Gasteiger partial charge is 0.497 e. The van der Waals surface area contributed by atoms with E-state index >= 15 is 0 Å². The number of fused-ring (bicyclic) bond motifs is 2. The van der Waals surface area contributed by atoms with Crippen LogP contribution in [-0.2, 0) is 9.53 Å². The van der Waals surface area contributed by atoms with Crippen LogP contribution in [0.15, 0.2) is 29.6 Å². The first-order valence-corrected chi connectivity index (χ1v) is 8.14. The molecular formula is C18H26O2. The first kappa shape index (κ1) is 15.1. The van der Waals surface area contributed by atoms with Crippen LogP contribution in [0.2, 0.25) is 0 Å². The topological polar surface area (TPSA) is 26.3 Å². The minimum absolute atomic E-state index is 0.0894. The van der Waals surface area contributed by atoms with Gasteiger partial charge in [-0.1, -0.05) is 64.0 Å². The lowest BCUT2D eigenvalue weighted by molar-refractivity contribution is 0.191. The quantitative estimate of drug-likeness (QED) is 0.330. The highest BCUT2D eigenvalue weighted by Crippen LogP contribution is 2.42. The third-order valence-corrected chi connectivity index (χ3v) is 4.24. The predicted octanol–water partition coefficient (Wildman–Crippen LogP) is 4.60. The number of hydrogen-bond donors (Lipinski definition) is 0. The zero-order valence-corrected chi connectivity index (χ0v) is 12.6. The van der Waals surface area contributed by atoms with Crippen molar-refractivity contribution in [2.75, 3.05) is 6.61 Å². The maximum absolute atomic E-state index is 10.8. The van der Waals surface area contributed by atoms with E-state index in [0.29, 0.717) is 0 Å². The lowest BCUT2D eigenvalue weighted by Crippen LogP contribution is -2.03. The molecule has 0 radical (unpaired) electrons. The van der Waals surface area contributed by atoms with Gasteiger partial charge in [-0.2, -0.15) is 0 Å². The van der Waals surface area contributed by atoms with Gasteiger partial charge in [0.2, 0.25) is 0 Å². The number of hydrogen-bond acceptors (Lipinski definition) is 2. The van der Waals surface area contributed by atoms with Crippen LogP contribution >= 0.6 is 0 Å². The van der Waals surface area contributed by atoms with Gasteiger partial charge in [0.05, 0.1) is 12.5 Å². The molecule has 0 aliphatic heterocycles. The molecule has 2 nitrogen and oxygen atoms in total. The van der Waals surface area contributed by atoms with Crippen LogP contribution in [0, 0.1) is 11.8 Å². The van der Waals surface area contributed by atoms with Gasteiger partial charge in [0.1, 0.15) is 11.7 Å². The van der Waals surface area contributed by atoms with E-state index in [-0.39, 0.29) is 11.8 Å². The number of carbonyl (C=O) groups excluding carboxylic acids is 1. The van der Waals surface area contributed by atoms with Crippen LogP contribution < -0.4 is 0 Å². The predicted molar refractivity (Wildman–Crippen MR) is 82.0 cm³/mol. The fourth-order valence-electron chi connectivity index (χ4n) is 3.01. The Balaban J connectivity index is 1.51. The van der Waals surface area contributed by atoms with Crippen molar-refractivity contribution >= 4 is 5.94 Å². The van der Waals surface area contributed by atoms with E-state index in [1.807, 2.05) is 0 Å². The van der Waals surface area contributed by atoms with Crippen molar-refractivity contribution in [3.8, 4) is 0 Å². The Labute approximate surface area is 122 Å². The van der Waals surface area contributed by atoms with Gasteiger partial charge in [-0.05, 0) is 12.5 Å². The molecule has 0 spiro atoms. The van der Waals surface area contributed by atoms with Crippen LogP contribution in [0.4, 0.5) is 0 Å². The van der Waals surface area contributed by atoms with E-state index in [0.717, 1.165) is 24.4 Å². The van der Waals surface area contributed by atoms with E-state index < -0.39 is 0 Å². The third-order valence-electron chi connectivity index (χ3n) is 4.24. The monoisotopic (exact) mass is 274 g/mol. The molecule has 0 heterocycles. The Morgan fingerprint density at radius 1 is 1.05 bits per heavy atom. The highest BCUT2D eigenvalue weighted by Gasteiger charge is 2.35. The van der Waals surface area contributed by atoms with Crippen molar-refractivity contribution in [1.82, 2.24) is 0 Å². The van der Waals surface area contributed by atoms with Gasteiger partial charge in [0, 0.05) is 11.5 Å². The fraction of sp³-hybridized carbons (Fsp3) is 0.667. The molecule has 0 aromatic heterocycles. The van der Waals surface area contributed by atoms with Gasteiger partial charge in [-0.15, -0.1) is 0 Å². The first-order chi connectivity index (χ1) is 9.86. The molecule has 2 rings (SSSR count). The molecule has 0 saturated carbocycles. The van der Waals surface area contributed by atoms with E-state index in [1.165, 1.54) is 44.9 Å². The van der Waals surface area contributed by atoms with E-state index in [1.54, 1.807) is 0 Å². The minimum Gasteiger partial charge on any atom is -0.497 e. The molecule has 2 unspecified atom stereocenters. The normalized spacial score (nSPS) is 23.1. The highest BCUT2D eigenvalue weighted by molar-refractivity contribution is 5.64. The summed E-state index contributed by atoms with van der Waals surface area (Å²) in [6.45, 7) is 3.03. The van der Waals surface area contributed by atoms with Gasteiger partial charge >= 0.3 is 0 Å². The van der Waals surface area contributed by atoms with Crippen molar-refractivity contribution in [1.29, 1.82) is 0 Å². The van der Waals surface area contributed by atoms with E-state index in [2.05, 4.69) is 31.1 Å². The second-order valence-electron chi connectivity index (χ2n) is 5.84. The van der Waals surface area contributed by atoms with Gasteiger partial charge < -0.3 is 4.74 Å². The van der Waals surface area contributed by atoms with Crippen molar-refractivity contribution in [3.05, 3.63) is 29.6 Å². The summed E-state index contributed by atoms with van der Waals surface area (Å²) in [5.41, 5.74) is 0.830. The zero-order chi connectivity index (χ0) is 14.2. The van der Waals surface area contributed by atoms with Crippen molar-refractivity contribution in [3.63, 3.8) is 0 Å². The smallest absolute Gasteiger partial charge is 0.125 e. The summed E-state index contributed by atoms with van der Waals surface area (Å²) < 4.78 is 5.82. The third kappa shape index (κ3) is 3.86. The number of rotatable bonds is 10. The van der Waals surface area contributed by atoms with E-state index in [9.17, 15) is 4.79 Å². The fourth-order valence-corrected chi connectivity index (χ4v) is 3.01. The van der Waals surface area contributed by atoms with Gasteiger partial charge in [0.25, 0.3) is 0 Å². The van der Waals surface area contributed by atoms with Gasteiger partial charge in [0.15, 0.2) is 0 Å². The van der Waals surface area contributed by atoms with Crippen LogP contribution in [0.1, 0.15) is 58.3 Å². The summed E-state index contributed by atoms with van der Waals surface area (Å²) in [6, 6.07) is 0. The second kappa shape index (κ2) is 8.11. The Bertz CT molecular complexity index is 413. The Morgan fingerprint density at radius 2 is 1.75 bits per heavy atom. The standard InChI is InChI=1S/C18H26O2/c1-2-3-4-5-6-7-8-9-12-20-18-13-15-10-11-16(18)17(15)14-19/h10-11,13,15-16H,2-9,12H2,1H3. The maximum Gasteiger partial charge on any atom is 0.125 e. The number of allylic oxidation sites excluding steroid dienone is 3. The molecule has 2 aliphatic carbocycles. The van der Waals surface area contributed by atoms with Crippen molar-refractivity contribution < 1.29 is 9.53 Å². The maximum atomic E-state index is 10.8.